The molecule has 0 aromatic heterocycles. The number of sulfonamides is 1. The molecule has 1 aliphatic rings. The minimum absolute atomic E-state index is 0.158. The van der Waals surface area contributed by atoms with Gasteiger partial charge in [-0.2, -0.15) is 4.31 Å². The average molecular weight is 368 g/mol. The first-order chi connectivity index (χ1) is 11.8. The molecule has 0 spiro atoms. The summed E-state index contributed by atoms with van der Waals surface area (Å²) in [7, 11) is -3.53. The van der Waals surface area contributed by atoms with Crippen LogP contribution in [-0.4, -0.2) is 50.8 Å². The molecule has 1 amide bonds. The average Bonchev–Trinajstić information content (AvgIpc) is 2.60. The van der Waals surface area contributed by atoms with Gasteiger partial charge in [0.05, 0.1) is 11.5 Å². The fourth-order valence-corrected chi connectivity index (χ4v) is 4.20. The second kappa shape index (κ2) is 8.44. The van der Waals surface area contributed by atoms with Crippen molar-refractivity contribution in [1.82, 2.24) is 9.62 Å². The molecule has 25 heavy (non-hydrogen) atoms. The second-order valence-electron chi connectivity index (χ2n) is 6.01. The molecular formula is C17H24N2O5S. The van der Waals surface area contributed by atoms with Crippen LogP contribution in [0.15, 0.2) is 29.2 Å². The van der Waals surface area contributed by atoms with Gasteiger partial charge in [0.25, 0.3) is 0 Å². The number of rotatable bonds is 6. The molecule has 1 heterocycles. The summed E-state index contributed by atoms with van der Waals surface area (Å²) in [6.07, 6.45) is 0.861. The van der Waals surface area contributed by atoms with Crippen molar-refractivity contribution in [2.24, 2.45) is 5.92 Å². The molecule has 0 saturated carbocycles. The highest BCUT2D eigenvalue weighted by Gasteiger charge is 2.32. The summed E-state index contributed by atoms with van der Waals surface area (Å²) in [4.78, 5) is 23.6. The van der Waals surface area contributed by atoms with E-state index in [-0.39, 0.29) is 43.0 Å². The maximum Gasteiger partial charge on any atom is 0.325 e. The Kier molecular flexibility index (Phi) is 6.55. The number of hydrogen-bond acceptors (Lipinski definition) is 5. The topological polar surface area (TPSA) is 92.8 Å². The van der Waals surface area contributed by atoms with Crippen molar-refractivity contribution in [1.29, 1.82) is 0 Å². The fourth-order valence-electron chi connectivity index (χ4n) is 2.73. The lowest BCUT2D eigenvalue weighted by atomic mass is 9.97. The van der Waals surface area contributed by atoms with Crippen molar-refractivity contribution < 1.29 is 22.7 Å². The van der Waals surface area contributed by atoms with Crippen molar-refractivity contribution in [3.05, 3.63) is 29.8 Å². The predicted molar refractivity (Wildman–Crippen MR) is 92.3 cm³/mol. The minimum atomic E-state index is -3.53. The van der Waals surface area contributed by atoms with Crippen molar-refractivity contribution in [3.8, 4) is 0 Å². The monoisotopic (exact) mass is 368 g/mol. The molecule has 1 aromatic rings. The molecule has 0 radical (unpaired) electrons. The van der Waals surface area contributed by atoms with E-state index in [9.17, 15) is 18.0 Å². The van der Waals surface area contributed by atoms with Crippen LogP contribution < -0.4 is 5.32 Å². The second-order valence-corrected chi connectivity index (χ2v) is 7.95. The van der Waals surface area contributed by atoms with E-state index in [1.165, 1.54) is 4.31 Å². The summed E-state index contributed by atoms with van der Waals surface area (Å²) in [5.74, 6) is -1.01. The summed E-state index contributed by atoms with van der Waals surface area (Å²) in [5.41, 5.74) is 0.996. The van der Waals surface area contributed by atoms with E-state index in [4.69, 9.17) is 4.74 Å². The number of ether oxygens (including phenoxy) is 1. The van der Waals surface area contributed by atoms with Gasteiger partial charge in [-0.15, -0.1) is 0 Å². The van der Waals surface area contributed by atoms with Crippen LogP contribution >= 0.6 is 0 Å². The Labute approximate surface area is 148 Å². The predicted octanol–water partition coefficient (Wildman–Crippen LogP) is 1.08. The Bertz CT molecular complexity index is 707. The van der Waals surface area contributed by atoms with Gasteiger partial charge in [-0.25, -0.2) is 8.42 Å². The third kappa shape index (κ3) is 5.02. The minimum Gasteiger partial charge on any atom is -0.465 e. The Morgan fingerprint density at radius 1 is 1.20 bits per heavy atom. The Hall–Kier alpha value is -1.93. The molecule has 2 rings (SSSR count). The zero-order valence-electron chi connectivity index (χ0n) is 14.5. The first-order valence-electron chi connectivity index (χ1n) is 8.34. The number of carbonyl (C=O) groups is 2. The molecule has 1 fully saturated rings. The fraction of sp³-hybridized carbons (Fsp3) is 0.529. The highest BCUT2D eigenvalue weighted by molar-refractivity contribution is 7.89. The van der Waals surface area contributed by atoms with E-state index in [1.807, 2.05) is 6.92 Å². The number of esters is 1. The van der Waals surface area contributed by atoms with Gasteiger partial charge in [-0.1, -0.05) is 17.7 Å². The van der Waals surface area contributed by atoms with Crippen molar-refractivity contribution >= 4 is 21.9 Å². The zero-order chi connectivity index (χ0) is 18.4. The Morgan fingerprint density at radius 3 is 2.36 bits per heavy atom. The normalized spacial score (nSPS) is 16.4. The van der Waals surface area contributed by atoms with Crippen LogP contribution in [0.5, 0.6) is 0 Å². The smallest absolute Gasteiger partial charge is 0.325 e. The van der Waals surface area contributed by atoms with Gasteiger partial charge in [0, 0.05) is 19.0 Å². The number of aryl methyl sites for hydroxylation is 1. The summed E-state index contributed by atoms with van der Waals surface area (Å²) in [6.45, 7) is 4.28. The highest BCUT2D eigenvalue weighted by Crippen LogP contribution is 2.24. The number of nitrogens with one attached hydrogen (secondary N) is 1. The molecule has 1 saturated heterocycles. The number of benzene rings is 1. The van der Waals surface area contributed by atoms with Crippen molar-refractivity contribution in [2.75, 3.05) is 26.2 Å². The molecule has 1 N–H and O–H groups in total. The van der Waals surface area contributed by atoms with Crippen LogP contribution in [0.25, 0.3) is 0 Å². The summed E-state index contributed by atoms with van der Waals surface area (Å²) >= 11 is 0. The van der Waals surface area contributed by atoms with E-state index < -0.39 is 16.0 Å². The van der Waals surface area contributed by atoms with Gasteiger partial charge in [0.15, 0.2) is 0 Å². The lowest BCUT2D eigenvalue weighted by Crippen LogP contribution is -2.44. The van der Waals surface area contributed by atoms with E-state index in [2.05, 4.69) is 5.32 Å². The highest BCUT2D eigenvalue weighted by atomic mass is 32.2. The molecular weight excluding hydrogens is 344 g/mol. The summed E-state index contributed by atoms with van der Waals surface area (Å²) in [6, 6.07) is 6.73. The molecule has 8 heteroatoms. The van der Waals surface area contributed by atoms with E-state index in [0.29, 0.717) is 12.8 Å². The van der Waals surface area contributed by atoms with Crippen LogP contribution in [0, 0.1) is 12.8 Å². The number of carbonyl (C=O) groups excluding carboxylic acids is 2. The first-order valence-corrected chi connectivity index (χ1v) is 9.78. The van der Waals surface area contributed by atoms with Gasteiger partial charge in [-0.05, 0) is 38.8 Å². The van der Waals surface area contributed by atoms with E-state index >= 15 is 0 Å². The van der Waals surface area contributed by atoms with Crippen LogP contribution in [0.3, 0.4) is 0 Å². The molecule has 1 aliphatic heterocycles. The van der Waals surface area contributed by atoms with Gasteiger partial charge < -0.3 is 10.1 Å². The Balaban J connectivity index is 1.89. The van der Waals surface area contributed by atoms with Crippen LogP contribution in [-0.2, 0) is 24.3 Å². The van der Waals surface area contributed by atoms with Crippen LogP contribution in [0.2, 0.25) is 0 Å². The van der Waals surface area contributed by atoms with Gasteiger partial charge >= 0.3 is 5.97 Å². The molecule has 0 unspecified atom stereocenters. The molecule has 1 aromatic carbocycles. The lowest BCUT2D eigenvalue weighted by Gasteiger charge is -2.30. The van der Waals surface area contributed by atoms with E-state index in [1.54, 1.807) is 31.2 Å². The maximum absolute atomic E-state index is 12.6. The maximum atomic E-state index is 12.6. The molecule has 138 valence electrons. The van der Waals surface area contributed by atoms with Crippen molar-refractivity contribution in [2.45, 2.75) is 31.6 Å². The summed E-state index contributed by atoms with van der Waals surface area (Å²) < 4.78 is 31.4. The van der Waals surface area contributed by atoms with Gasteiger partial charge in [0.1, 0.15) is 6.54 Å². The van der Waals surface area contributed by atoms with Gasteiger partial charge in [-0.3, -0.25) is 9.59 Å². The number of piperidine rings is 1. The lowest BCUT2D eigenvalue weighted by molar-refractivity contribution is -0.144. The molecule has 0 aliphatic carbocycles. The van der Waals surface area contributed by atoms with Crippen LogP contribution in [0.1, 0.15) is 25.3 Å². The number of hydrogen-bond donors (Lipinski definition) is 1. The summed E-state index contributed by atoms with van der Waals surface area (Å²) in [5, 5.41) is 2.55. The number of amides is 1. The number of nitrogens with zero attached hydrogens (tertiary/aromatic N) is 1. The SMILES string of the molecule is CCOC(=O)CNC(=O)C1CCN(S(=O)(=O)c2ccc(C)cc2)CC1. The van der Waals surface area contributed by atoms with Gasteiger partial charge in [0.2, 0.25) is 15.9 Å². The first kappa shape index (κ1) is 19.4. The quantitative estimate of drug-likeness (QED) is 0.759. The third-order valence-corrected chi connectivity index (χ3v) is 6.11. The molecule has 0 atom stereocenters. The zero-order valence-corrected chi connectivity index (χ0v) is 15.3. The van der Waals surface area contributed by atoms with Crippen molar-refractivity contribution in [3.63, 3.8) is 0 Å². The molecule has 0 bridgehead atoms. The Morgan fingerprint density at radius 2 is 1.80 bits per heavy atom. The molecule has 7 nitrogen and oxygen atoms in total. The van der Waals surface area contributed by atoms with Crippen LogP contribution in [0.4, 0.5) is 0 Å². The largest absolute Gasteiger partial charge is 0.465 e. The standard InChI is InChI=1S/C17H24N2O5S/c1-3-24-16(20)12-18-17(21)14-8-10-19(11-9-14)25(22,23)15-6-4-13(2)5-7-15/h4-7,14H,3,8-12H2,1-2H3,(H,18,21). The third-order valence-electron chi connectivity index (χ3n) is 4.20. The van der Waals surface area contributed by atoms with E-state index in [0.717, 1.165) is 5.56 Å².